The fraction of sp³-hybridized carbons (Fsp3) is 0.364. The highest BCUT2D eigenvalue weighted by atomic mass is 35.5. The number of imidazole rings is 1. The van der Waals surface area contributed by atoms with Gasteiger partial charge in [-0.3, -0.25) is 4.72 Å². The van der Waals surface area contributed by atoms with E-state index in [9.17, 15) is 13.2 Å². The molecule has 13 heteroatoms. The monoisotopic (exact) mass is 524 g/mol. The van der Waals surface area contributed by atoms with Crippen molar-refractivity contribution in [2.45, 2.75) is 19.6 Å². The van der Waals surface area contributed by atoms with E-state index in [-0.39, 0.29) is 40.9 Å². The van der Waals surface area contributed by atoms with Crippen molar-refractivity contribution in [3.8, 4) is 17.1 Å². The molecule has 2 aromatic carbocycles. The fourth-order valence-corrected chi connectivity index (χ4v) is 5.40. The molecule has 1 atom stereocenters. The summed E-state index contributed by atoms with van der Waals surface area (Å²) >= 11 is 6.47. The van der Waals surface area contributed by atoms with Gasteiger partial charge in [-0.2, -0.15) is 0 Å². The Morgan fingerprint density at radius 1 is 1.37 bits per heavy atom. The van der Waals surface area contributed by atoms with Gasteiger partial charge >= 0.3 is 6.09 Å². The number of nitrogens with one attached hydrogen (secondary N) is 1. The van der Waals surface area contributed by atoms with Gasteiger partial charge < -0.3 is 23.7 Å². The van der Waals surface area contributed by atoms with E-state index >= 15 is 4.39 Å². The summed E-state index contributed by atoms with van der Waals surface area (Å²) < 4.78 is 59.4. The minimum atomic E-state index is -3.75. The van der Waals surface area contributed by atoms with Crippen molar-refractivity contribution in [1.29, 1.82) is 0 Å². The minimum absolute atomic E-state index is 0.0269. The molecule has 1 aromatic heterocycles. The number of ether oxygens (including phenoxy) is 3. The number of methoxy groups -OCH3 is 1. The Morgan fingerprint density at radius 2 is 2.17 bits per heavy atom. The number of benzene rings is 2. The van der Waals surface area contributed by atoms with Crippen molar-refractivity contribution in [2.75, 3.05) is 37.5 Å². The standard InChI is InChI=1S/C22H22ClFN4O6S/c1-12-3-4-17-15(7-12)25-21(28(17)10-13-9-27(5-6-33-13)22(29)32-2)18-14(23)8-16-20(19(18)24)34-11-35(30,31)26-16/h3-4,7-8,13,26H,5-6,9-11H2,1-2H3/t13-/m1/s1. The summed E-state index contributed by atoms with van der Waals surface area (Å²) in [5.41, 5.74) is 2.20. The van der Waals surface area contributed by atoms with Gasteiger partial charge in [-0.15, -0.1) is 0 Å². The van der Waals surface area contributed by atoms with E-state index in [1.807, 2.05) is 25.1 Å². The number of fused-ring (bicyclic) bond motifs is 2. The Hall–Kier alpha value is -3.09. The zero-order valence-corrected chi connectivity index (χ0v) is 20.5. The molecule has 0 spiro atoms. The molecule has 1 N–H and O–H groups in total. The molecule has 0 bridgehead atoms. The minimum Gasteiger partial charge on any atom is -0.470 e. The van der Waals surface area contributed by atoms with Crippen LogP contribution in [0.5, 0.6) is 5.75 Å². The van der Waals surface area contributed by atoms with Gasteiger partial charge in [0, 0.05) is 6.54 Å². The molecule has 2 aliphatic rings. The van der Waals surface area contributed by atoms with E-state index < -0.39 is 34.0 Å². The lowest BCUT2D eigenvalue weighted by molar-refractivity contribution is -0.0310. The van der Waals surface area contributed by atoms with E-state index in [2.05, 4.69) is 9.71 Å². The average molecular weight is 525 g/mol. The Morgan fingerprint density at radius 3 is 2.94 bits per heavy atom. The van der Waals surface area contributed by atoms with Crippen LogP contribution in [0.15, 0.2) is 24.3 Å². The van der Waals surface area contributed by atoms with Crippen molar-refractivity contribution in [1.82, 2.24) is 14.5 Å². The SMILES string of the molecule is COC(=O)N1CCO[C@@H](Cn2c(-c3c(Cl)cc4c(c3F)OCS(=O)(=O)N4)nc3cc(C)ccc32)C1. The number of aromatic nitrogens is 2. The molecular weight excluding hydrogens is 503 g/mol. The van der Waals surface area contributed by atoms with E-state index in [1.165, 1.54) is 13.2 Å². The number of morpholine rings is 1. The first-order valence-electron chi connectivity index (χ1n) is 10.7. The summed E-state index contributed by atoms with van der Waals surface area (Å²) in [6.07, 6.45) is -0.865. The second-order valence-electron chi connectivity index (χ2n) is 8.35. The van der Waals surface area contributed by atoms with Gasteiger partial charge in [0.05, 0.1) is 60.2 Å². The number of nitrogens with zero attached hydrogens (tertiary/aromatic N) is 3. The predicted octanol–water partition coefficient (Wildman–Crippen LogP) is 3.36. The molecule has 186 valence electrons. The number of anilines is 1. The van der Waals surface area contributed by atoms with Gasteiger partial charge in [-0.25, -0.2) is 22.6 Å². The first-order valence-corrected chi connectivity index (χ1v) is 12.8. The smallest absolute Gasteiger partial charge is 0.409 e. The molecular formula is C22H22ClFN4O6S. The number of rotatable bonds is 3. The van der Waals surface area contributed by atoms with Crippen LogP contribution in [-0.2, 0) is 26.0 Å². The Labute approximate surface area is 205 Å². The van der Waals surface area contributed by atoms with Crippen LogP contribution in [0.4, 0.5) is 14.9 Å². The van der Waals surface area contributed by atoms with Crippen molar-refractivity contribution in [3.05, 3.63) is 40.7 Å². The van der Waals surface area contributed by atoms with Crippen LogP contribution in [0.25, 0.3) is 22.4 Å². The predicted molar refractivity (Wildman–Crippen MR) is 127 cm³/mol. The second-order valence-corrected chi connectivity index (χ2v) is 10.4. The highest BCUT2D eigenvalue weighted by Crippen LogP contribution is 2.43. The Balaban J connectivity index is 1.61. The van der Waals surface area contributed by atoms with Crippen LogP contribution in [0, 0.1) is 12.7 Å². The third-order valence-electron chi connectivity index (χ3n) is 5.88. The number of hydrogen-bond acceptors (Lipinski definition) is 7. The first-order chi connectivity index (χ1) is 16.7. The summed E-state index contributed by atoms with van der Waals surface area (Å²) in [5, 5.41) is -0.0384. The van der Waals surface area contributed by atoms with Gasteiger partial charge in [0.15, 0.2) is 11.6 Å². The van der Waals surface area contributed by atoms with Crippen LogP contribution in [-0.4, -0.2) is 67.8 Å². The lowest BCUT2D eigenvalue weighted by Gasteiger charge is -2.32. The topological polar surface area (TPSA) is 112 Å². The highest BCUT2D eigenvalue weighted by molar-refractivity contribution is 7.92. The molecule has 10 nitrogen and oxygen atoms in total. The highest BCUT2D eigenvalue weighted by Gasteiger charge is 2.32. The summed E-state index contributed by atoms with van der Waals surface area (Å²) in [6.45, 7) is 3.18. The molecule has 0 saturated carbocycles. The van der Waals surface area contributed by atoms with E-state index in [0.29, 0.717) is 18.7 Å². The number of carbonyl (C=O) groups is 1. The molecule has 1 fully saturated rings. The Bertz CT molecular complexity index is 1440. The van der Waals surface area contributed by atoms with Gasteiger partial charge in [0.1, 0.15) is 5.82 Å². The number of sulfonamides is 1. The van der Waals surface area contributed by atoms with Crippen molar-refractivity contribution >= 4 is 44.4 Å². The zero-order valence-electron chi connectivity index (χ0n) is 18.9. The van der Waals surface area contributed by atoms with Crippen LogP contribution in [0.2, 0.25) is 5.02 Å². The quantitative estimate of drug-likeness (QED) is 0.559. The summed E-state index contributed by atoms with van der Waals surface area (Å²) in [4.78, 5) is 18.2. The zero-order chi connectivity index (χ0) is 24.9. The fourth-order valence-electron chi connectivity index (χ4n) is 4.30. The van der Waals surface area contributed by atoms with Gasteiger partial charge in [-0.05, 0) is 30.7 Å². The molecule has 2 aliphatic heterocycles. The summed E-state index contributed by atoms with van der Waals surface area (Å²) in [6, 6.07) is 6.95. The van der Waals surface area contributed by atoms with E-state index in [0.717, 1.165) is 11.1 Å². The third-order valence-corrected chi connectivity index (χ3v) is 7.14. The number of aryl methyl sites for hydroxylation is 1. The number of carbonyl (C=O) groups excluding carboxylic acids is 1. The maximum Gasteiger partial charge on any atom is 0.409 e. The molecule has 3 aromatic rings. The van der Waals surface area contributed by atoms with Crippen molar-refractivity contribution in [2.24, 2.45) is 0 Å². The van der Waals surface area contributed by atoms with Gasteiger partial charge in [-0.1, -0.05) is 17.7 Å². The maximum atomic E-state index is 15.7. The van der Waals surface area contributed by atoms with Crippen LogP contribution >= 0.6 is 11.6 Å². The largest absolute Gasteiger partial charge is 0.470 e. The lowest BCUT2D eigenvalue weighted by atomic mass is 10.1. The van der Waals surface area contributed by atoms with Crippen molar-refractivity contribution < 1.29 is 31.8 Å². The normalized spacial score (nSPS) is 19.1. The molecule has 5 rings (SSSR count). The third kappa shape index (κ3) is 4.37. The maximum absolute atomic E-state index is 15.7. The average Bonchev–Trinajstić information content (AvgIpc) is 3.14. The van der Waals surface area contributed by atoms with Crippen LogP contribution in [0.1, 0.15) is 5.56 Å². The molecule has 1 amide bonds. The van der Waals surface area contributed by atoms with Crippen LogP contribution in [0.3, 0.4) is 0 Å². The summed E-state index contributed by atoms with van der Waals surface area (Å²) in [5.74, 6) is -1.57. The van der Waals surface area contributed by atoms with Gasteiger partial charge in [0.2, 0.25) is 5.94 Å². The Kier molecular flexibility index (Phi) is 5.98. The molecule has 0 unspecified atom stereocenters. The van der Waals surface area contributed by atoms with Gasteiger partial charge in [0.25, 0.3) is 10.0 Å². The molecule has 0 aliphatic carbocycles. The second kappa shape index (κ2) is 8.85. The van der Waals surface area contributed by atoms with Crippen LogP contribution < -0.4 is 9.46 Å². The number of hydrogen-bond donors (Lipinski definition) is 1. The molecule has 3 heterocycles. The molecule has 35 heavy (non-hydrogen) atoms. The molecule has 1 saturated heterocycles. The lowest BCUT2D eigenvalue weighted by Crippen LogP contribution is -2.47. The number of amides is 1. The van der Waals surface area contributed by atoms with E-state index in [4.69, 9.17) is 25.8 Å². The summed E-state index contributed by atoms with van der Waals surface area (Å²) in [7, 11) is -2.43. The van der Waals surface area contributed by atoms with E-state index in [1.54, 1.807) is 9.47 Å². The van der Waals surface area contributed by atoms with Crippen molar-refractivity contribution in [3.63, 3.8) is 0 Å². The molecule has 0 radical (unpaired) electrons. The number of halogens is 2. The first kappa shape index (κ1) is 23.6.